The van der Waals surface area contributed by atoms with Gasteiger partial charge in [0.05, 0.1) is 24.4 Å². The summed E-state index contributed by atoms with van der Waals surface area (Å²) in [5, 5.41) is 33.0. The van der Waals surface area contributed by atoms with Crippen LogP contribution in [-0.2, 0) is 14.3 Å². The van der Waals surface area contributed by atoms with Crippen LogP contribution in [0.3, 0.4) is 0 Å². The second-order valence-corrected chi connectivity index (χ2v) is 16.4. The Morgan fingerprint density at radius 1 is 0.868 bits per heavy atom. The molecule has 214 valence electrons. The molecule has 38 heavy (non-hydrogen) atoms. The van der Waals surface area contributed by atoms with Gasteiger partial charge < -0.3 is 24.9 Å². The Hall–Kier alpha value is -0.980. The molecule has 0 aromatic rings. The number of carbonyl (C=O) groups is 2. The Labute approximate surface area is 228 Å². The highest BCUT2D eigenvalue weighted by Gasteiger charge is 2.81. The van der Waals surface area contributed by atoms with E-state index in [1.165, 1.54) is 0 Å². The lowest BCUT2D eigenvalue weighted by molar-refractivity contribution is -0.301. The molecule has 6 fully saturated rings. The third-order valence-electron chi connectivity index (χ3n) is 14.9. The number of aliphatic carboxylic acids is 1. The lowest BCUT2D eigenvalue weighted by Gasteiger charge is -2.75. The fraction of sp³-hybridized carbons (Fsp3) is 0.938. The molecule has 12 atom stereocenters. The van der Waals surface area contributed by atoms with Crippen molar-refractivity contribution in [2.45, 2.75) is 124 Å². The van der Waals surface area contributed by atoms with Gasteiger partial charge >= 0.3 is 5.97 Å². The number of carboxylic acids is 1. The van der Waals surface area contributed by atoms with Crippen molar-refractivity contribution in [1.29, 1.82) is 0 Å². The van der Waals surface area contributed by atoms with Crippen molar-refractivity contribution < 1.29 is 29.6 Å². The molecule has 0 amide bonds. The number of aliphatic hydroxyl groups is 2. The highest BCUT2D eigenvalue weighted by atomic mass is 16.5. The molecular formula is C32H50O6. The lowest BCUT2D eigenvalue weighted by atomic mass is 9.30. The highest BCUT2D eigenvalue weighted by molar-refractivity contribution is 5.68. The topological polar surface area (TPSA) is 104 Å². The number of rotatable bonds is 3. The molecule has 6 aliphatic rings. The molecule has 0 aromatic heterocycles. The summed E-state index contributed by atoms with van der Waals surface area (Å²) in [5.74, 6) is -0.225. The standard InChI is InChI=1S/C32H50O6/c1-26(2)20-7-11-29(5)21(28(20,4)10-9-23(26)34)8-12-32-22-15-27(3,17-33)14-19(13-25(36)37)31(22,18-38-32)24(35)16-30(29,32)6/h17,19-24,34-35H,7-16,18H2,1-6H3,(H,36,37)/t19-,20-,21-,22-,23+,24-,27+,28+,29-,30+,31+,32+/m1/s1. The molecule has 1 aliphatic heterocycles. The SMILES string of the molecule is CC1(C)[C@H]2CC[C@]3(C)[C@H](CC[C@]45OC[C@@]6([C@H](CC(=O)O)C[C@](C)(C=O)C[C@H]64)[C@H](O)C[C@]53C)[C@@]2(C)CC[C@@H]1O. The van der Waals surface area contributed by atoms with E-state index in [-0.39, 0.29) is 46.0 Å². The Bertz CT molecular complexity index is 1040. The van der Waals surface area contributed by atoms with Gasteiger partial charge in [-0.15, -0.1) is 0 Å². The van der Waals surface area contributed by atoms with E-state index in [2.05, 4.69) is 34.6 Å². The van der Waals surface area contributed by atoms with Gasteiger partial charge in [0.2, 0.25) is 0 Å². The molecule has 0 unspecified atom stereocenters. The number of carbonyl (C=O) groups excluding carboxylic acids is 1. The van der Waals surface area contributed by atoms with Crippen LogP contribution in [-0.4, -0.2) is 52.0 Å². The molecule has 0 radical (unpaired) electrons. The Kier molecular flexibility index (Phi) is 5.62. The van der Waals surface area contributed by atoms with Crippen molar-refractivity contribution in [1.82, 2.24) is 0 Å². The van der Waals surface area contributed by atoms with Crippen LogP contribution in [0.4, 0.5) is 0 Å². The molecule has 5 aliphatic carbocycles. The van der Waals surface area contributed by atoms with Crippen molar-refractivity contribution in [3.8, 4) is 0 Å². The zero-order valence-electron chi connectivity index (χ0n) is 24.4. The number of hydrogen-bond donors (Lipinski definition) is 3. The van der Waals surface area contributed by atoms with Gasteiger partial charge in [-0.05, 0) is 97.7 Å². The van der Waals surface area contributed by atoms with E-state index >= 15 is 0 Å². The van der Waals surface area contributed by atoms with Crippen molar-refractivity contribution >= 4 is 12.3 Å². The van der Waals surface area contributed by atoms with Crippen molar-refractivity contribution in [3.63, 3.8) is 0 Å². The monoisotopic (exact) mass is 530 g/mol. The second-order valence-electron chi connectivity index (χ2n) is 16.4. The third kappa shape index (κ3) is 2.91. The summed E-state index contributed by atoms with van der Waals surface area (Å²) < 4.78 is 7.06. The van der Waals surface area contributed by atoms with Crippen molar-refractivity contribution in [2.24, 2.45) is 56.2 Å². The zero-order valence-corrected chi connectivity index (χ0v) is 24.4. The quantitative estimate of drug-likeness (QED) is 0.432. The van der Waals surface area contributed by atoms with E-state index in [0.717, 1.165) is 44.8 Å². The van der Waals surface area contributed by atoms with E-state index in [1.54, 1.807) is 0 Å². The number of aldehydes is 1. The summed E-state index contributed by atoms with van der Waals surface area (Å²) in [4.78, 5) is 24.5. The summed E-state index contributed by atoms with van der Waals surface area (Å²) >= 11 is 0. The molecule has 1 spiro atoms. The van der Waals surface area contributed by atoms with Crippen LogP contribution in [0.25, 0.3) is 0 Å². The number of hydrogen-bond acceptors (Lipinski definition) is 5. The lowest BCUT2D eigenvalue weighted by Crippen LogP contribution is -2.74. The molecular weight excluding hydrogens is 480 g/mol. The fourth-order valence-electron chi connectivity index (χ4n) is 12.9. The summed E-state index contributed by atoms with van der Waals surface area (Å²) in [6, 6.07) is 0. The molecule has 3 N–H and O–H groups in total. The zero-order chi connectivity index (χ0) is 27.7. The first-order chi connectivity index (χ1) is 17.6. The molecule has 6 rings (SSSR count). The van der Waals surface area contributed by atoms with Crippen molar-refractivity contribution in [3.05, 3.63) is 0 Å². The fourth-order valence-corrected chi connectivity index (χ4v) is 12.9. The maximum atomic E-state index is 12.4. The van der Waals surface area contributed by atoms with Gasteiger partial charge in [-0.2, -0.15) is 0 Å². The number of fused-ring (bicyclic) bond motifs is 4. The Morgan fingerprint density at radius 3 is 2.21 bits per heavy atom. The second kappa shape index (κ2) is 7.85. The molecule has 6 nitrogen and oxygen atoms in total. The van der Waals surface area contributed by atoms with Gasteiger partial charge in [-0.3, -0.25) is 4.79 Å². The maximum Gasteiger partial charge on any atom is 0.303 e. The van der Waals surface area contributed by atoms with Gasteiger partial charge in [0.1, 0.15) is 6.29 Å². The Balaban J connectivity index is 1.46. The van der Waals surface area contributed by atoms with Crippen LogP contribution in [0.2, 0.25) is 0 Å². The van der Waals surface area contributed by atoms with E-state index < -0.39 is 28.5 Å². The van der Waals surface area contributed by atoms with E-state index in [1.807, 2.05) is 6.92 Å². The summed E-state index contributed by atoms with van der Waals surface area (Å²) in [7, 11) is 0. The van der Waals surface area contributed by atoms with E-state index in [4.69, 9.17) is 4.74 Å². The molecule has 1 saturated heterocycles. The van der Waals surface area contributed by atoms with E-state index in [0.29, 0.717) is 37.7 Å². The van der Waals surface area contributed by atoms with Crippen LogP contribution in [0.5, 0.6) is 0 Å². The first-order valence-corrected chi connectivity index (χ1v) is 15.2. The maximum absolute atomic E-state index is 12.4. The Morgan fingerprint density at radius 2 is 1.55 bits per heavy atom. The van der Waals surface area contributed by atoms with Gasteiger partial charge in [0.25, 0.3) is 0 Å². The smallest absolute Gasteiger partial charge is 0.303 e. The minimum Gasteiger partial charge on any atom is -0.481 e. The predicted octanol–water partition coefficient (Wildman–Crippen LogP) is 5.23. The van der Waals surface area contributed by atoms with Crippen LogP contribution in [0.1, 0.15) is 106 Å². The highest BCUT2D eigenvalue weighted by Crippen LogP contribution is 2.81. The molecule has 6 heteroatoms. The minimum absolute atomic E-state index is 0.0232. The summed E-state index contributed by atoms with van der Waals surface area (Å²) in [6.07, 6.45) is 7.88. The average Bonchev–Trinajstić information content (AvgIpc) is 3.10. The number of aliphatic hydroxyl groups excluding tert-OH is 2. The van der Waals surface area contributed by atoms with Crippen LogP contribution in [0, 0.1) is 56.2 Å². The number of carboxylic acid groups (broad SMARTS) is 1. The summed E-state index contributed by atoms with van der Waals surface area (Å²) in [5.41, 5.74) is -1.98. The van der Waals surface area contributed by atoms with Gasteiger partial charge in [0.15, 0.2) is 0 Å². The van der Waals surface area contributed by atoms with Crippen molar-refractivity contribution in [2.75, 3.05) is 6.61 Å². The largest absolute Gasteiger partial charge is 0.481 e. The third-order valence-corrected chi connectivity index (χ3v) is 14.9. The van der Waals surface area contributed by atoms with Crippen LogP contribution >= 0.6 is 0 Å². The van der Waals surface area contributed by atoms with Crippen LogP contribution in [0.15, 0.2) is 0 Å². The summed E-state index contributed by atoms with van der Waals surface area (Å²) in [6.45, 7) is 14.3. The van der Waals surface area contributed by atoms with E-state index in [9.17, 15) is 24.9 Å². The normalized spacial score (nSPS) is 58.6. The van der Waals surface area contributed by atoms with Crippen LogP contribution < -0.4 is 0 Å². The first kappa shape index (κ1) is 27.2. The predicted molar refractivity (Wildman–Crippen MR) is 143 cm³/mol. The minimum atomic E-state index is -0.858. The molecule has 0 aromatic carbocycles. The van der Waals surface area contributed by atoms with Gasteiger partial charge in [-0.25, -0.2) is 0 Å². The average molecular weight is 531 g/mol. The molecule has 2 bridgehead atoms. The van der Waals surface area contributed by atoms with Gasteiger partial charge in [-0.1, -0.05) is 41.5 Å². The first-order valence-electron chi connectivity index (χ1n) is 15.2. The van der Waals surface area contributed by atoms with Gasteiger partial charge in [0, 0.05) is 22.7 Å². The number of ether oxygens (including phenoxy) is 1. The molecule has 5 saturated carbocycles. The molecule has 1 heterocycles.